The summed E-state index contributed by atoms with van der Waals surface area (Å²) >= 11 is 0. The molecule has 4 aromatic carbocycles. The van der Waals surface area contributed by atoms with Crippen molar-refractivity contribution >= 4 is 53.0 Å². The molecule has 0 saturated carbocycles. The fraction of sp³-hybridized carbons (Fsp3) is 0.350. The Morgan fingerprint density at radius 1 is 0.600 bits per heavy atom. The average Bonchev–Trinajstić information content (AvgIpc) is 3.20. The highest BCUT2D eigenvalue weighted by Gasteiger charge is 2.81. The summed E-state index contributed by atoms with van der Waals surface area (Å²) in [7, 11) is -23.0. The Bertz CT molecular complexity index is 2490. The molecule has 0 aliphatic carbocycles. The Balaban J connectivity index is 0.000000794. The minimum Gasteiger partial charge on any atom is -0.462 e. The highest BCUT2D eigenvalue weighted by atomic mass is 32.3. The van der Waals surface area contributed by atoms with Crippen molar-refractivity contribution in [3.8, 4) is 5.75 Å². The van der Waals surface area contributed by atoms with Crippen molar-refractivity contribution in [1.29, 1.82) is 0 Å². The van der Waals surface area contributed by atoms with E-state index in [0.29, 0.717) is 34.8 Å². The van der Waals surface area contributed by atoms with Crippen molar-refractivity contribution in [3.63, 3.8) is 0 Å². The van der Waals surface area contributed by atoms with E-state index in [0.717, 1.165) is 0 Å². The second kappa shape index (κ2) is 22.1. The number of esters is 2. The summed E-state index contributed by atoms with van der Waals surface area (Å²) in [5.41, 5.74) is -6.76. The van der Waals surface area contributed by atoms with Crippen molar-refractivity contribution in [2.75, 3.05) is 13.2 Å². The van der Waals surface area contributed by atoms with Crippen LogP contribution in [-0.2, 0) is 55.3 Å². The van der Waals surface area contributed by atoms with Gasteiger partial charge in [0.25, 0.3) is 0 Å². The molecule has 0 amide bonds. The molecule has 4 rings (SSSR count). The summed E-state index contributed by atoms with van der Waals surface area (Å²) in [4.78, 5) is 27.9. The maximum atomic E-state index is 14.2. The molecule has 0 spiro atoms. The lowest BCUT2D eigenvalue weighted by atomic mass is 9.91. The Morgan fingerprint density at radius 3 is 1.46 bits per heavy atom. The number of hydrogen-bond acceptors (Lipinski definition) is 11. The van der Waals surface area contributed by atoms with Crippen LogP contribution in [0.1, 0.15) is 58.0 Å². The molecular formula is C40H44F9NO11S4. The van der Waals surface area contributed by atoms with Gasteiger partial charge in [0, 0.05) is 0 Å². The van der Waals surface area contributed by atoms with Gasteiger partial charge in [-0.1, -0.05) is 75.9 Å². The second-order valence-corrected chi connectivity index (χ2v) is 20.5. The van der Waals surface area contributed by atoms with Gasteiger partial charge in [-0.15, -0.1) is 0 Å². The lowest BCUT2D eigenvalue weighted by molar-refractivity contribution is -0.245. The molecule has 0 aliphatic rings. The Hall–Kier alpha value is -4.85. The summed E-state index contributed by atoms with van der Waals surface area (Å²) in [6, 6.07) is 32.2. The van der Waals surface area contributed by atoms with Crippen LogP contribution >= 0.6 is 0 Å². The first kappa shape index (κ1) is 58.2. The molecule has 0 aromatic heterocycles. The number of hydrogen-bond donors (Lipinski definition) is 0. The van der Waals surface area contributed by atoms with Crippen molar-refractivity contribution in [2.24, 2.45) is 5.41 Å². The van der Waals surface area contributed by atoms with Crippen LogP contribution in [0.3, 0.4) is 0 Å². The predicted octanol–water partition coefficient (Wildman–Crippen LogP) is 10.3. The normalized spacial score (nSPS) is 12.7. The van der Waals surface area contributed by atoms with E-state index in [1.54, 1.807) is 20.8 Å². The van der Waals surface area contributed by atoms with E-state index in [1.807, 2.05) is 0 Å². The van der Waals surface area contributed by atoms with Gasteiger partial charge in [-0.3, -0.25) is 4.79 Å². The zero-order valence-corrected chi connectivity index (χ0v) is 36.3. The minimum absolute atomic E-state index is 0. The molecular weight excluding hydrogens is 970 g/mol. The molecule has 12 nitrogen and oxygen atoms in total. The zero-order chi connectivity index (χ0) is 47.9. The van der Waals surface area contributed by atoms with E-state index in [2.05, 4.69) is 96.0 Å². The number of sulfonamides is 2. The zero-order valence-electron chi connectivity index (χ0n) is 33.0. The third-order valence-electron chi connectivity index (χ3n) is 8.35. The highest BCUT2D eigenvalue weighted by Crippen LogP contribution is 2.53. The molecule has 65 heavy (non-hydrogen) atoms. The lowest BCUT2D eigenvalue weighted by Gasteiger charge is -2.35. The van der Waals surface area contributed by atoms with Gasteiger partial charge in [-0.05, 0) is 87.9 Å². The minimum atomic E-state index is -8.06. The van der Waals surface area contributed by atoms with Gasteiger partial charge in [-0.2, -0.15) is 47.9 Å². The summed E-state index contributed by atoms with van der Waals surface area (Å²) in [5, 5.41) is -14.8. The summed E-state index contributed by atoms with van der Waals surface area (Å²) in [6.45, 7) is 6.11. The van der Waals surface area contributed by atoms with Gasteiger partial charge in [0.05, 0.1) is 21.9 Å². The Morgan fingerprint density at radius 2 is 1.03 bits per heavy atom. The number of nitrogens with zero attached hydrogens (tertiary/aromatic N) is 1. The van der Waals surface area contributed by atoms with Crippen LogP contribution in [0.4, 0.5) is 39.5 Å². The standard InChI is InChI=1S/C19H19F9NO11S3.C19H17S.2CH4/c1-4-15(2,3)14(31)39-10-9-38-13(30)11-5-7-12(8-6-11)40-43(36,37)18(24,25)16(20,21)17(22,23)41(32,33)29-42(34,35)19(26,27)28;1-16-12-14-19(15-13-16)20(17-8-4-2-5-9-17)18-10-6-3-7-11-18;;/h5-8H,4,9-10H2,1-3H3;2-15H,1H3;2*1H4/q-1;+1;;. The van der Waals surface area contributed by atoms with Crippen LogP contribution in [0.2, 0.25) is 0 Å². The van der Waals surface area contributed by atoms with E-state index in [1.165, 1.54) is 20.2 Å². The molecule has 4 aromatic rings. The molecule has 0 fully saturated rings. The first-order valence-electron chi connectivity index (χ1n) is 17.6. The molecule has 0 N–H and O–H groups in total. The summed E-state index contributed by atoms with van der Waals surface area (Å²) < 4.78 is 202. The van der Waals surface area contributed by atoms with E-state index >= 15 is 0 Å². The monoisotopic (exact) mass is 1010 g/mol. The van der Waals surface area contributed by atoms with Crippen molar-refractivity contribution in [3.05, 3.63) is 124 Å². The highest BCUT2D eigenvalue weighted by molar-refractivity contribution is 8.13. The molecule has 362 valence electrons. The number of aryl methyl sites for hydroxylation is 1. The number of alkyl halides is 9. The van der Waals surface area contributed by atoms with Crippen LogP contribution in [0.15, 0.2) is 124 Å². The third kappa shape index (κ3) is 13.6. The molecule has 0 aliphatic heterocycles. The van der Waals surface area contributed by atoms with Gasteiger partial charge in [0.2, 0.25) is 0 Å². The maximum Gasteiger partial charge on any atom is 0.480 e. The molecule has 0 radical (unpaired) electrons. The SMILES string of the molecule is C.C.CCC(C)(C)C(=O)OCCOC(=O)c1ccc(OS(=O)(=O)C(F)(F)C(F)(F)C(F)(F)S(=O)(=O)[N-]S(=O)(=O)C(F)(F)F)cc1.Cc1ccc([S+](c2ccccc2)c2ccccc2)cc1. The number of carbonyl (C=O) groups is 2. The first-order chi connectivity index (χ1) is 28.8. The van der Waals surface area contributed by atoms with Crippen LogP contribution in [0, 0.1) is 12.3 Å². The van der Waals surface area contributed by atoms with Crippen LogP contribution < -0.4 is 4.18 Å². The van der Waals surface area contributed by atoms with E-state index < -0.39 is 94.0 Å². The van der Waals surface area contributed by atoms with E-state index in [9.17, 15) is 74.4 Å². The first-order valence-corrected chi connectivity index (χ1v) is 23.1. The Labute approximate surface area is 374 Å². The van der Waals surface area contributed by atoms with Crippen molar-refractivity contribution < 1.29 is 88.0 Å². The molecule has 0 unspecified atom stereocenters. The quantitative estimate of drug-likeness (QED) is 0.0323. The van der Waals surface area contributed by atoms with Crippen LogP contribution in [-0.4, -0.2) is 72.3 Å². The van der Waals surface area contributed by atoms with Gasteiger partial charge in [0.1, 0.15) is 19.0 Å². The predicted molar refractivity (Wildman–Crippen MR) is 223 cm³/mol. The summed E-state index contributed by atoms with van der Waals surface area (Å²) in [5.74, 6) is -10.9. The number of rotatable bonds is 17. The number of ether oxygens (including phenoxy) is 2. The fourth-order valence-electron chi connectivity index (χ4n) is 4.42. The average molecular weight is 1010 g/mol. The third-order valence-corrected chi connectivity index (χ3v) is 14.9. The van der Waals surface area contributed by atoms with Gasteiger partial charge in [-0.25, -0.2) is 21.6 Å². The van der Waals surface area contributed by atoms with Gasteiger partial charge in [0.15, 0.2) is 34.7 Å². The number of benzene rings is 4. The fourth-order valence-corrected chi connectivity index (χ4v) is 9.68. The van der Waals surface area contributed by atoms with E-state index in [4.69, 9.17) is 9.47 Å². The smallest absolute Gasteiger partial charge is 0.462 e. The molecule has 0 bridgehead atoms. The molecule has 0 heterocycles. The van der Waals surface area contributed by atoms with Crippen LogP contribution in [0.25, 0.3) is 4.13 Å². The van der Waals surface area contributed by atoms with Gasteiger partial charge < -0.3 is 17.8 Å². The molecule has 0 atom stereocenters. The lowest BCUT2D eigenvalue weighted by Crippen LogP contribution is -2.61. The molecule has 25 heteroatoms. The van der Waals surface area contributed by atoms with Gasteiger partial charge >= 0.3 is 44.0 Å². The second-order valence-electron chi connectivity index (χ2n) is 13.4. The van der Waals surface area contributed by atoms with Crippen molar-refractivity contribution in [1.82, 2.24) is 0 Å². The largest absolute Gasteiger partial charge is 0.480 e. The Kier molecular flexibility index (Phi) is 19.8. The number of carbonyl (C=O) groups excluding carboxylic acids is 2. The topological polar surface area (TPSA) is 178 Å². The number of halogens is 9. The summed E-state index contributed by atoms with van der Waals surface area (Å²) in [6.07, 6.45) is 0.420. The van der Waals surface area contributed by atoms with Crippen molar-refractivity contribution in [2.45, 2.75) is 85.6 Å². The maximum absolute atomic E-state index is 14.2. The molecule has 0 saturated heterocycles. The van der Waals surface area contributed by atoms with E-state index in [-0.39, 0.29) is 25.7 Å². The van der Waals surface area contributed by atoms with Crippen LogP contribution in [0.5, 0.6) is 5.75 Å².